The third kappa shape index (κ3) is 10.1. The Kier molecular flexibility index (Phi) is 12.3. The van der Waals surface area contributed by atoms with E-state index < -0.39 is 0 Å². The van der Waals surface area contributed by atoms with E-state index in [0.717, 1.165) is 12.3 Å². The molecule has 0 aromatic heterocycles. The van der Waals surface area contributed by atoms with E-state index in [9.17, 15) is 0 Å². The van der Waals surface area contributed by atoms with Gasteiger partial charge in [-0.25, -0.2) is 0 Å². The van der Waals surface area contributed by atoms with Crippen LogP contribution in [0.2, 0.25) is 0 Å². The molecule has 0 rings (SSSR count). The molecule has 0 amide bonds. The van der Waals surface area contributed by atoms with E-state index in [4.69, 9.17) is 0 Å². The Morgan fingerprint density at radius 1 is 0.812 bits per heavy atom. The van der Waals surface area contributed by atoms with E-state index in [-0.39, 0.29) is 0 Å². The summed E-state index contributed by atoms with van der Waals surface area (Å²) in [6.07, 6.45) is 13.7. The van der Waals surface area contributed by atoms with E-state index in [1.54, 1.807) is 0 Å². The van der Waals surface area contributed by atoms with E-state index in [1.807, 2.05) is 6.92 Å². The van der Waals surface area contributed by atoms with Crippen molar-refractivity contribution in [2.75, 3.05) is 0 Å². The van der Waals surface area contributed by atoms with Crippen LogP contribution in [0.3, 0.4) is 0 Å². The van der Waals surface area contributed by atoms with E-state index in [0.29, 0.717) is 0 Å². The Balaban J connectivity index is 3.46. The average molecular weight is 222 g/mol. The number of hydrogen-bond acceptors (Lipinski definition) is 0. The van der Waals surface area contributed by atoms with Crippen LogP contribution in [-0.2, 0) is 0 Å². The summed E-state index contributed by atoms with van der Waals surface area (Å²) in [6.45, 7) is 6.52. The molecule has 0 spiro atoms. The van der Waals surface area contributed by atoms with Crippen LogP contribution < -0.4 is 0 Å². The molecule has 0 heterocycles. The van der Waals surface area contributed by atoms with Crippen molar-refractivity contribution in [3.05, 3.63) is 0 Å². The molecule has 0 saturated carbocycles. The molecule has 0 radical (unpaired) electrons. The first-order valence-corrected chi connectivity index (χ1v) is 7.24. The van der Waals surface area contributed by atoms with Crippen molar-refractivity contribution in [3.63, 3.8) is 0 Å². The molecule has 0 aliphatic heterocycles. The van der Waals surface area contributed by atoms with Gasteiger partial charge in [0.1, 0.15) is 0 Å². The number of unbranched alkanes of at least 4 members (excludes halogenated alkanes) is 5. The summed E-state index contributed by atoms with van der Waals surface area (Å²) < 4.78 is 0. The molecular weight excluding hydrogens is 192 g/mol. The van der Waals surface area contributed by atoms with Gasteiger partial charge >= 0.3 is 0 Å². The predicted molar refractivity (Wildman–Crippen MR) is 74.5 cm³/mol. The molecule has 0 heteroatoms. The normalized spacial score (nSPS) is 11.9. The monoisotopic (exact) mass is 222 g/mol. The first-order valence-electron chi connectivity index (χ1n) is 7.24. The molecule has 0 bridgehead atoms. The van der Waals surface area contributed by atoms with Crippen LogP contribution in [-0.4, -0.2) is 0 Å². The lowest BCUT2D eigenvalue weighted by Crippen LogP contribution is -1.99. The van der Waals surface area contributed by atoms with Crippen LogP contribution in [0.15, 0.2) is 0 Å². The van der Waals surface area contributed by atoms with Crippen LogP contribution in [0.1, 0.15) is 85.0 Å². The molecule has 16 heavy (non-hydrogen) atoms. The minimum Gasteiger partial charge on any atom is -0.107 e. The van der Waals surface area contributed by atoms with Gasteiger partial charge in [-0.2, -0.15) is 0 Å². The highest BCUT2D eigenvalue weighted by Crippen LogP contribution is 2.19. The first kappa shape index (κ1) is 15.6. The zero-order chi connectivity index (χ0) is 12.1. The van der Waals surface area contributed by atoms with Crippen molar-refractivity contribution in [2.24, 2.45) is 5.92 Å². The molecule has 0 fully saturated rings. The minimum absolute atomic E-state index is 0.864. The Morgan fingerprint density at radius 3 is 2.12 bits per heavy atom. The van der Waals surface area contributed by atoms with Crippen molar-refractivity contribution in [3.8, 4) is 11.8 Å². The molecule has 0 aromatic carbocycles. The smallest absolute Gasteiger partial charge is 0.0117 e. The van der Waals surface area contributed by atoms with Gasteiger partial charge in [-0.15, -0.1) is 11.8 Å². The predicted octanol–water partition coefficient (Wildman–Crippen LogP) is 5.57. The van der Waals surface area contributed by atoms with Crippen LogP contribution in [0.5, 0.6) is 0 Å². The van der Waals surface area contributed by atoms with Crippen LogP contribution in [0, 0.1) is 17.8 Å². The summed E-state index contributed by atoms with van der Waals surface area (Å²) in [7, 11) is 0. The molecule has 0 aliphatic carbocycles. The quantitative estimate of drug-likeness (QED) is 0.335. The maximum atomic E-state index is 3.24. The fourth-order valence-electron chi connectivity index (χ4n) is 2.22. The molecule has 0 saturated heterocycles. The fraction of sp³-hybridized carbons (Fsp3) is 0.875. The van der Waals surface area contributed by atoms with Crippen molar-refractivity contribution >= 4 is 0 Å². The summed E-state index contributed by atoms with van der Waals surface area (Å²) >= 11 is 0. The second-order valence-corrected chi connectivity index (χ2v) is 4.84. The summed E-state index contributed by atoms with van der Waals surface area (Å²) in [5, 5.41) is 0. The first-order chi connectivity index (χ1) is 7.85. The second-order valence-electron chi connectivity index (χ2n) is 4.84. The highest BCUT2D eigenvalue weighted by molar-refractivity contribution is 4.96. The lowest BCUT2D eigenvalue weighted by atomic mass is 9.93. The highest BCUT2D eigenvalue weighted by Gasteiger charge is 2.05. The van der Waals surface area contributed by atoms with Gasteiger partial charge in [-0.05, 0) is 25.7 Å². The van der Waals surface area contributed by atoms with Gasteiger partial charge in [0.05, 0.1) is 0 Å². The molecule has 0 aliphatic rings. The Hall–Kier alpha value is -0.440. The molecule has 0 N–H and O–H groups in total. The van der Waals surface area contributed by atoms with Crippen molar-refractivity contribution in [2.45, 2.75) is 85.0 Å². The molecule has 1 atom stereocenters. The van der Waals surface area contributed by atoms with E-state index in [1.165, 1.54) is 57.8 Å². The maximum Gasteiger partial charge on any atom is 0.0117 e. The molecule has 94 valence electrons. The SMILES string of the molecule is CC#CCC(CCC)CCCCCCCC. The minimum atomic E-state index is 0.864. The number of rotatable bonds is 10. The van der Waals surface area contributed by atoms with Gasteiger partial charge in [0.2, 0.25) is 0 Å². The topological polar surface area (TPSA) is 0 Å². The zero-order valence-electron chi connectivity index (χ0n) is 11.6. The Bertz CT molecular complexity index is 182. The Morgan fingerprint density at radius 2 is 1.50 bits per heavy atom. The molecular formula is C16H30. The van der Waals surface area contributed by atoms with Gasteiger partial charge < -0.3 is 0 Å². The van der Waals surface area contributed by atoms with Crippen LogP contribution in [0.4, 0.5) is 0 Å². The molecule has 0 aromatic rings. The van der Waals surface area contributed by atoms with E-state index in [2.05, 4.69) is 25.7 Å². The standard InChI is InChI=1S/C16H30/c1-4-7-9-10-11-12-15-16(13-6-3)14-8-5-2/h16H,4,6-7,9-15H2,1-3H3. The number of hydrogen-bond donors (Lipinski definition) is 0. The van der Waals surface area contributed by atoms with Gasteiger partial charge in [0.25, 0.3) is 0 Å². The maximum absolute atomic E-state index is 3.24. The summed E-state index contributed by atoms with van der Waals surface area (Å²) in [5.74, 6) is 7.13. The van der Waals surface area contributed by atoms with E-state index >= 15 is 0 Å². The zero-order valence-corrected chi connectivity index (χ0v) is 11.6. The fourth-order valence-corrected chi connectivity index (χ4v) is 2.22. The summed E-state index contributed by atoms with van der Waals surface area (Å²) in [4.78, 5) is 0. The summed E-state index contributed by atoms with van der Waals surface area (Å²) in [6, 6.07) is 0. The van der Waals surface area contributed by atoms with Crippen molar-refractivity contribution in [1.82, 2.24) is 0 Å². The highest BCUT2D eigenvalue weighted by atomic mass is 14.1. The van der Waals surface area contributed by atoms with Gasteiger partial charge in [-0.3, -0.25) is 0 Å². The third-order valence-electron chi connectivity index (χ3n) is 3.23. The van der Waals surface area contributed by atoms with Crippen LogP contribution >= 0.6 is 0 Å². The Labute approximate surface area is 103 Å². The largest absolute Gasteiger partial charge is 0.107 e. The van der Waals surface area contributed by atoms with Crippen LogP contribution in [0.25, 0.3) is 0 Å². The van der Waals surface area contributed by atoms with Crippen molar-refractivity contribution in [1.29, 1.82) is 0 Å². The summed E-state index contributed by atoms with van der Waals surface area (Å²) in [5.41, 5.74) is 0. The van der Waals surface area contributed by atoms with Gasteiger partial charge in [0, 0.05) is 6.42 Å². The lowest BCUT2D eigenvalue weighted by Gasteiger charge is -2.12. The second kappa shape index (κ2) is 12.6. The van der Waals surface area contributed by atoms with Gasteiger partial charge in [-0.1, -0.05) is 58.8 Å². The lowest BCUT2D eigenvalue weighted by molar-refractivity contribution is 0.427. The average Bonchev–Trinajstić information content (AvgIpc) is 2.30. The van der Waals surface area contributed by atoms with Crippen molar-refractivity contribution < 1.29 is 0 Å². The molecule has 0 nitrogen and oxygen atoms in total. The van der Waals surface area contributed by atoms with Gasteiger partial charge in [0.15, 0.2) is 0 Å². The third-order valence-corrected chi connectivity index (χ3v) is 3.23. The molecule has 1 unspecified atom stereocenters.